The Balaban J connectivity index is 4.57. The van der Waals surface area contributed by atoms with Gasteiger partial charge in [0.15, 0.2) is 5.41 Å². The van der Waals surface area contributed by atoms with Crippen LogP contribution in [0.4, 0.5) is 0 Å². The summed E-state index contributed by atoms with van der Waals surface area (Å²) in [5.41, 5.74) is -1.38. The summed E-state index contributed by atoms with van der Waals surface area (Å²) in [7, 11) is 0. The highest BCUT2D eigenvalue weighted by molar-refractivity contribution is 5.98. The Morgan fingerprint density at radius 1 is 1.38 bits per heavy atom. The molecular weight excluding hydrogens is 172 g/mol. The predicted molar refractivity (Wildman–Crippen MR) is 47.3 cm³/mol. The van der Waals surface area contributed by atoms with Crippen LogP contribution in [0.15, 0.2) is 0 Å². The average molecular weight is 188 g/mol. The van der Waals surface area contributed by atoms with Crippen molar-refractivity contribution in [2.75, 3.05) is 6.61 Å². The van der Waals surface area contributed by atoms with Gasteiger partial charge in [0.1, 0.15) is 0 Å². The van der Waals surface area contributed by atoms with Crippen LogP contribution in [0.25, 0.3) is 0 Å². The van der Waals surface area contributed by atoms with E-state index in [4.69, 9.17) is 9.84 Å². The van der Waals surface area contributed by atoms with Gasteiger partial charge in [0, 0.05) is 0 Å². The topological polar surface area (TPSA) is 63.6 Å². The maximum absolute atomic E-state index is 11.3. The zero-order chi connectivity index (χ0) is 10.5. The minimum absolute atomic E-state index is 0.214. The van der Waals surface area contributed by atoms with Gasteiger partial charge in [-0.3, -0.25) is 9.59 Å². The van der Waals surface area contributed by atoms with E-state index in [1.165, 1.54) is 6.92 Å². The second kappa shape index (κ2) is 4.84. The fourth-order valence-electron chi connectivity index (χ4n) is 1.09. The number of carboxylic acid groups (broad SMARTS) is 1. The van der Waals surface area contributed by atoms with E-state index in [-0.39, 0.29) is 6.61 Å². The van der Waals surface area contributed by atoms with Crippen LogP contribution in [0, 0.1) is 5.41 Å². The predicted octanol–water partition coefficient (Wildman–Crippen LogP) is 1.44. The number of ether oxygens (including phenoxy) is 1. The van der Waals surface area contributed by atoms with E-state index < -0.39 is 17.4 Å². The van der Waals surface area contributed by atoms with Gasteiger partial charge in [-0.25, -0.2) is 0 Å². The van der Waals surface area contributed by atoms with Crippen LogP contribution in [0.3, 0.4) is 0 Å². The first-order valence-electron chi connectivity index (χ1n) is 4.39. The molecule has 0 fully saturated rings. The molecule has 0 rings (SSSR count). The van der Waals surface area contributed by atoms with E-state index in [0.717, 1.165) is 0 Å². The van der Waals surface area contributed by atoms with Gasteiger partial charge in [-0.1, -0.05) is 13.3 Å². The van der Waals surface area contributed by atoms with Crippen LogP contribution in [0.1, 0.15) is 33.6 Å². The molecule has 0 amide bonds. The highest BCUT2D eigenvalue weighted by atomic mass is 16.5. The summed E-state index contributed by atoms with van der Waals surface area (Å²) in [4.78, 5) is 22.1. The molecular formula is C9H16O4. The lowest BCUT2D eigenvalue weighted by molar-refractivity contribution is -0.167. The third-order valence-electron chi connectivity index (χ3n) is 1.95. The largest absolute Gasteiger partial charge is 0.480 e. The van der Waals surface area contributed by atoms with Gasteiger partial charge in [0.05, 0.1) is 6.61 Å². The van der Waals surface area contributed by atoms with Crippen molar-refractivity contribution in [3.63, 3.8) is 0 Å². The van der Waals surface area contributed by atoms with Gasteiger partial charge in [0.2, 0.25) is 0 Å². The van der Waals surface area contributed by atoms with E-state index in [2.05, 4.69) is 0 Å². The molecule has 13 heavy (non-hydrogen) atoms. The molecule has 0 aliphatic rings. The number of carbonyl (C=O) groups excluding carboxylic acids is 1. The second-order valence-corrected chi connectivity index (χ2v) is 3.11. The Bertz CT molecular complexity index is 200. The minimum Gasteiger partial charge on any atom is -0.480 e. The summed E-state index contributed by atoms with van der Waals surface area (Å²) < 4.78 is 4.70. The maximum Gasteiger partial charge on any atom is 0.323 e. The van der Waals surface area contributed by atoms with E-state index in [9.17, 15) is 9.59 Å². The van der Waals surface area contributed by atoms with Crippen molar-refractivity contribution in [3.8, 4) is 0 Å². The molecule has 0 aromatic carbocycles. The van der Waals surface area contributed by atoms with Crippen LogP contribution >= 0.6 is 0 Å². The third kappa shape index (κ3) is 2.72. The van der Waals surface area contributed by atoms with Crippen molar-refractivity contribution in [2.24, 2.45) is 5.41 Å². The highest BCUT2D eigenvalue weighted by Crippen LogP contribution is 2.25. The fourth-order valence-corrected chi connectivity index (χ4v) is 1.09. The standard InChI is InChI=1S/C9H16O4/c1-4-6-9(3,7(10)11)8(12)13-5-2/h4-6H2,1-3H3,(H,10,11). The van der Waals surface area contributed by atoms with E-state index in [1.807, 2.05) is 6.92 Å². The van der Waals surface area contributed by atoms with Gasteiger partial charge in [0.25, 0.3) is 0 Å². The number of carboxylic acids is 1. The molecule has 0 radical (unpaired) electrons. The summed E-state index contributed by atoms with van der Waals surface area (Å²) in [5, 5.41) is 8.86. The molecule has 0 aliphatic heterocycles. The van der Waals surface area contributed by atoms with Crippen molar-refractivity contribution >= 4 is 11.9 Å². The molecule has 1 unspecified atom stereocenters. The summed E-state index contributed by atoms with van der Waals surface area (Å²) in [6.45, 7) is 5.11. The van der Waals surface area contributed by atoms with Crippen LogP contribution < -0.4 is 0 Å². The number of hydrogen-bond acceptors (Lipinski definition) is 3. The van der Waals surface area contributed by atoms with Crippen molar-refractivity contribution in [1.29, 1.82) is 0 Å². The van der Waals surface area contributed by atoms with Gasteiger partial charge in [-0.05, 0) is 20.3 Å². The lowest BCUT2D eigenvalue weighted by atomic mass is 9.86. The first-order valence-corrected chi connectivity index (χ1v) is 4.39. The zero-order valence-electron chi connectivity index (χ0n) is 8.29. The molecule has 1 N–H and O–H groups in total. The number of aliphatic carboxylic acids is 1. The average Bonchev–Trinajstić information content (AvgIpc) is 2.04. The molecule has 0 saturated heterocycles. The molecule has 0 aromatic rings. The molecule has 0 spiro atoms. The van der Waals surface area contributed by atoms with Crippen molar-refractivity contribution < 1.29 is 19.4 Å². The molecule has 0 heterocycles. The van der Waals surface area contributed by atoms with Gasteiger partial charge in [-0.2, -0.15) is 0 Å². The van der Waals surface area contributed by atoms with Crippen LogP contribution in [0.5, 0.6) is 0 Å². The molecule has 0 saturated carbocycles. The molecule has 4 heteroatoms. The monoisotopic (exact) mass is 188 g/mol. The van der Waals surface area contributed by atoms with Crippen LogP contribution in [-0.2, 0) is 14.3 Å². The van der Waals surface area contributed by atoms with Crippen molar-refractivity contribution in [2.45, 2.75) is 33.6 Å². The van der Waals surface area contributed by atoms with E-state index >= 15 is 0 Å². The first-order chi connectivity index (χ1) is 5.99. The summed E-state index contributed by atoms with van der Waals surface area (Å²) >= 11 is 0. The van der Waals surface area contributed by atoms with Gasteiger partial charge >= 0.3 is 11.9 Å². The number of esters is 1. The molecule has 0 bridgehead atoms. The van der Waals surface area contributed by atoms with Crippen LogP contribution in [0.2, 0.25) is 0 Å². The summed E-state index contributed by atoms with van der Waals surface area (Å²) in [5.74, 6) is -1.77. The lowest BCUT2D eigenvalue weighted by Gasteiger charge is -2.21. The molecule has 0 aromatic heterocycles. The van der Waals surface area contributed by atoms with Gasteiger partial charge in [-0.15, -0.1) is 0 Å². The van der Waals surface area contributed by atoms with Crippen molar-refractivity contribution in [3.05, 3.63) is 0 Å². The molecule has 1 atom stereocenters. The fraction of sp³-hybridized carbons (Fsp3) is 0.778. The first kappa shape index (κ1) is 11.9. The molecule has 4 nitrogen and oxygen atoms in total. The Morgan fingerprint density at radius 2 is 1.92 bits per heavy atom. The minimum atomic E-state index is -1.38. The maximum atomic E-state index is 11.3. The Labute approximate surface area is 77.9 Å². The Kier molecular flexibility index (Phi) is 4.45. The number of carbonyl (C=O) groups is 2. The number of rotatable bonds is 5. The Hall–Kier alpha value is -1.06. The third-order valence-corrected chi connectivity index (χ3v) is 1.95. The van der Waals surface area contributed by atoms with E-state index in [0.29, 0.717) is 12.8 Å². The highest BCUT2D eigenvalue weighted by Gasteiger charge is 2.41. The van der Waals surface area contributed by atoms with Crippen molar-refractivity contribution in [1.82, 2.24) is 0 Å². The Morgan fingerprint density at radius 3 is 2.23 bits per heavy atom. The normalized spacial score (nSPS) is 14.7. The quantitative estimate of drug-likeness (QED) is 0.523. The van der Waals surface area contributed by atoms with Gasteiger partial charge < -0.3 is 9.84 Å². The second-order valence-electron chi connectivity index (χ2n) is 3.11. The zero-order valence-corrected chi connectivity index (χ0v) is 8.29. The van der Waals surface area contributed by atoms with E-state index in [1.54, 1.807) is 6.92 Å². The number of hydrogen-bond donors (Lipinski definition) is 1. The smallest absolute Gasteiger partial charge is 0.323 e. The van der Waals surface area contributed by atoms with Crippen LogP contribution in [-0.4, -0.2) is 23.7 Å². The molecule has 76 valence electrons. The lowest BCUT2D eigenvalue weighted by Crippen LogP contribution is -2.37. The summed E-state index contributed by atoms with van der Waals surface area (Å²) in [6.07, 6.45) is 0.947. The SMILES string of the molecule is CCCC(C)(C(=O)O)C(=O)OCC. The molecule has 0 aliphatic carbocycles. The summed E-state index contributed by atoms with van der Waals surface area (Å²) in [6, 6.07) is 0.